The van der Waals surface area contributed by atoms with Gasteiger partial charge in [-0.2, -0.15) is 0 Å². The van der Waals surface area contributed by atoms with Gasteiger partial charge in [0.1, 0.15) is 16.9 Å². The fraction of sp³-hybridized carbons (Fsp3) is 0.667. The second kappa shape index (κ2) is 13.3. The first-order valence-electron chi connectivity index (χ1n) is 11.2. The second-order valence-corrected chi connectivity index (χ2v) is 7.76. The first-order chi connectivity index (χ1) is 14.3. The van der Waals surface area contributed by atoms with E-state index in [0.717, 1.165) is 32.1 Å². The number of esters is 1. The van der Waals surface area contributed by atoms with E-state index in [4.69, 9.17) is 14.2 Å². The van der Waals surface area contributed by atoms with Crippen LogP contribution >= 0.6 is 0 Å². The number of ether oxygens (including phenoxy) is 3. The average Bonchev–Trinajstić information content (AvgIpc) is 2.73. The van der Waals surface area contributed by atoms with Gasteiger partial charge in [0.05, 0.1) is 12.7 Å². The molecule has 6 heteroatoms. The van der Waals surface area contributed by atoms with Gasteiger partial charge in [0.15, 0.2) is 0 Å². The summed E-state index contributed by atoms with van der Waals surface area (Å²) in [5.74, 6) is -0.231. The largest absolute Gasteiger partial charge is 0.490 e. The zero-order chi connectivity index (χ0) is 22.6. The number of carbonyl (C=O) groups excluding carboxylic acids is 2. The van der Waals surface area contributed by atoms with Gasteiger partial charge in [-0.3, -0.25) is 4.79 Å². The monoisotopic (exact) mass is 421 g/mol. The van der Waals surface area contributed by atoms with Gasteiger partial charge in [0, 0.05) is 12.3 Å². The molecule has 1 N–H and O–H groups in total. The van der Waals surface area contributed by atoms with E-state index in [1.54, 1.807) is 25.1 Å². The number of carbonyl (C=O) groups is 2. The summed E-state index contributed by atoms with van der Waals surface area (Å²) >= 11 is 0. The van der Waals surface area contributed by atoms with Gasteiger partial charge in [0.2, 0.25) is 0 Å². The number of anilines is 1. The molecular weight excluding hydrogens is 382 g/mol. The van der Waals surface area contributed by atoms with Gasteiger partial charge in [-0.1, -0.05) is 40.0 Å². The van der Waals surface area contributed by atoms with E-state index in [2.05, 4.69) is 12.2 Å². The molecule has 1 aromatic carbocycles. The van der Waals surface area contributed by atoms with Crippen LogP contribution in [0.1, 0.15) is 90.4 Å². The Morgan fingerprint density at radius 1 is 1.10 bits per heavy atom. The summed E-state index contributed by atoms with van der Waals surface area (Å²) in [6.07, 6.45) is 5.30. The topological polar surface area (TPSA) is 73.9 Å². The summed E-state index contributed by atoms with van der Waals surface area (Å²) in [5.41, 5.74) is -0.0975. The van der Waals surface area contributed by atoms with Crippen LogP contribution in [0.2, 0.25) is 0 Å². The Morgan fingerprint density at radius 3 is 2.43 bits per heavy atom. The SMILES string of the molecule is CCCCC[C@](C)(OCCC)C(=O)Nc1ccc(O[C@@H](C)CC)c(C(=O)OCC)c1. The Morgan fingerprint density at radius 2 is 1.83 bits per heavy atom. The van der Waals surface area contributed by atoms with Crippen molar-refractivity contribution in [3.63, 3.8) is 0 Å². The van der Waals surface area contributed by atoms with Crippen molar-refractivity contribution < 1.29 is 23.8 Å². The molecule has 2 atom stereocenters. The molecule has 0 fully saturated rings. The lowest BCUT2D eigenvalue weighted by molar-refractivity contribution is -0.140. The predicted octanol–water partition coefficient (Wildman–Crippen LogP) is 5.74. The van der Waals surface area contributed by atoms with Crippen LogP contribution in [0, 0.1) is 0 Å². The number of amides is 1. The zero-order valence-electron chi connectivity index (χ0n) is 19.5. The van der Waals surface area contributed by atoms with Crippen LogP contribution in [0.4, 0.5) is 5.69 Å². The van der Waals surface area contributed by atoms with Crippen molar-refractivity contribution in [3.8, 4) is 5.75 Å². The number of hydrogen-bond acceptors (Lipinski definition) is 5. The molecule has 0 heterocycles. The lowest BCUT2D eigenvalue weighted by Gasteiger charge is -2.29. The predicted molar refractivity (Wildman–Crippen MR) is 120 cm³/mol. The third-order valence-corrected chi connectivity index (χ3v) is 5.00. The quantitative estimate of drug-likeness (QED) is 0.306. The molecule has 0 aliphatic rings. The lowest BCUT2D eigenvalue weighted by Crippen LogP contribution is -2.43. The van der Waals surface area contributed by atoms with Gasteiger partial charge in [-0.05, 0) is 58.2 Å². The lowest BCUT2D eigenvalue weighted by atomic mass is 9.96. The van der Waals surface area contributed by atoms with Crippen LogP contribution in [0.25, 0.3) is 0 Å². The maximum atomic E-state index is 13.1. The maximum Gasteiger partial charge on any atom is 0.341 e. The molecule has 6 nitrogen and oxygen atoms in total. The Labute approximate surface area is 181 Å². The van der Waals surface area contributed by atoms with Crippen LogP contribution in [0.5, 0.6) is 5.75 Å². The summed E-state index contributed by atoms with van der Waals surface area (Å²) < 4.78 is 17.0. The zero-order valence-corrected chi connectivity index (χ0v) is 19.5. The standard InChI is InChI=1S/C24H39NO5/c1-7-11-12-15-24(6,29-16-8-2)23(27)25-19-13-14-21(30-18(5)9-3)20(17-19)22(26)28-10-4/h13-14,17-18H,7-12,15-16H2,1-6H3,(H,25,27)/t18-,24-/m0/s1. The highest BCUT2D eigenvalue weighted by Gasteiger charge is 2.34. The second-order valence-electron chi connectivity index (χ2n) is 7.76. The minimum Gasteiger partial charge on any atom is -0.490 e. The highest BCUT2D eigenvalue weighted by Crippen LogP contribution is 2.27. The number of benzene rings is 1. The Bertz CT molecular complexity index is 676. The van der Waals surface area contributed by atoms with E-state index in [1.807, 2.05) is 27.7 Å². The molecule has 0 aromatic heterocycles. The molecule has 1 rings (SSSR count). The summed E-state index contributed by atoms with van der Waals surface area (Å²) in [6.45, 7) is 12.5. The van der Waals surface area contributed by atoms with Gasteiger partial charge < -0.3 is 19.5 Å². The first kappa shape index (κ1) is 26.0. The fourth-order valence-corrected chi connectivity index (χ4v) is 2.93. The molecule has 0 spiro atoms. The summed E-state index contributed by atoms with van der Waals surface area (Å²) in [4.78, 5) is 25.5. The minimum atomic E-state index is -0.916. The van der Waals surface area contributed by atoms with Crippen LogP contribution in [-0.4, -0.2) is 36.8 Å². The third kappa shape index (κ3) is 7.98. The molecule has 0 saturated carbocycles. The van der Waals surface area contributed by atoms with Crippen LogP contribution in [0.3, 0.4) is 0 Å². The molecule has 0 unspecified atom stereocenters. The molecule has 30 heavy (non-hydrogen) atoms. The molecule has 1 aromatic rings. The van der Waals surface area contributed by atoms with Crippen molar-refractivity contribution in [3.05, 3.63) is 23.8 Å². The first-order valence-corrected chi connectivity index (χ1v) is 11.2. The normalized spacial score (nSPS) is 13.9. The van der Waals surface area contributed by atoms with Crippen molar-refractivity contribution in [2.24, 2.45) is 0 Å². The Hall–Kier alpha value is -2.08. The fourth-order valence-electron chi connectivity index (χ4n) is 2.93. The van der Waals surface area contributed by atoms with Crippen LogP contribution < -0.4 is 10.1 Å². The van der Waals surface area contributed by atoms with Crippen LogP contribution in [0.15, 0.2) is 18.2 Å². The Balaban J connectivity index is 3.09. The summed E-state index contributed by atoms with van der Waals surface area (Å²) in [6, 6.07) is 5.06. The van der Waals surface area contributed by atoms with E-state index >= 15 is 0 Å². The van der Waals surface area contributed by atoms with Crippen LogP contribution in [-0.2, 0) is 14.3 Å². The van der Waals surface area contributed by atoms with Gasteiger partial charge >= 0.3 is 5.97 Å². The molecule has 170 valence electrons. The van der Waals surface area contributed by atoms with Crippen molar-refractivity contribution >= 4 is 17.6 Å². The van der Waals surface area contributed by atoms with E-state index in [0.29, 0.717) is 30.0 Å². The number of hydrogen-bond donors (Lipinski definition) is 1. The molecular formula is C24H39NO5. The molecule has 0 saturated heterocycles. The third-order valence-electron chi connectivity index (χ3n) is 5.00. The van der Waals surface area contributed by atoms with Crippen molar-refractivity contribution in [1.29, 1.82) is 0 Å². The number of unbranched alkanes of at least 4 members (excludes halogenated alkanes) is 2. The molecule has 0 radical (unpaired) electrons. The molecule has 0 aliphatic carbocycles. The molecule has 0 aliphatic heterocycles. The van der Waals surface area contributed by atoms with E-state index in [1.165, 1.54) is 0 Å². The molecule has 0 bridgehead atoms. The highest BCUT2D eigenvalue weighted by molar-refractivity contribution is 5.99. The van der Waals surface area contributed by atoms with Gasteiger partial charge in [0.25, 0.3) is 5.91 Å². The maximum absolute atomic E-state index is 13.1. The van der Waals surface area contributed by atoms with Crippen molar-refractivity contribution in [2.45, 2.75) is 91.8 Å². The van der Waals surface area contributed by atoms with Gasteiger partial charge in [-0.15, -0.1) is 0 Å². The number of nitrogens with one attached hydrogen (secondary N) is 1. The summed E-state index contributed by atoms with van der Waals surface area (Å²) in [5, 5.41) is 2.92. The summed E-state index contributed by atoms with van der Waals surface area (Å²) in [7, 11) is 0. The van der Waals surface area contributed by atoms with E-state index < -0.39 is 11.6 Å². The smallest absolute Gasteiger partial charge is 0.341 e. The van der Waals surface area contributed by atoms with Crippen molar-refractivity contribution in [1.82, 2.24) is 0 Å². The Kier molecular flexibility index (Phi) is 11.5. The minimum absolute atomic E-state index is 0.0390. The van der Waals surface area contributed by atoms with E-state index in [-0.39, 0.29) is 18.6 Å². The average molecular weight is 422 g/mol. The number of rotatable bonds is 14. The highest BCUT2D eigenvalue weighted by atomic mass is 16.5. The molecule has 1 amide bonds. The van der Waals surface area contributed by atoms with Crippen molar-refractivity contribution in [2.75, 3.05) is 18.5 Å². The van der Waals surface area contributed by atoms with E-state index in [9.17, 15) is 9.59 Å². The van der Waals surface area contributed by atoms with Gasteiger partial charge in [-0.25, -0.2) is 4.79 Å².